The fourth-order valence-corrected chi connectivity index (χ4v) is 2.01. The second-order valence-electron chi connectivity index (χ2n) is 5.37. The van der Waals surface area contributed by atoms with Crippen molar-refractivity contribution in [1.29, 1.82) is 0 Å². The van der Waals surface area contributed by atoms with Gasteiger partial charge in [-0.15, -0.1) is 0 Å². The Kier molecular flexibility index (Phi) is 7.42. The lowest BCUT2D eigenvalue weighted by atomic mass is 10.2. The predicted molar refractivity (Wildman–Crippen MR) is 95.4 cm³/mol. The molecule has 0 atom stereocenters. The number of hydrogen-bond acceptors (Lipinski definition) is 6. The van der Waals surface area contributed by atoms with Gasteiger partial charge >= 0.3 is 5.97 Å². The SMILES string of the molecule is CCOc1ccc(OCCNC(=O)COC(=O)c2ccc(C)nc2)cc1. The monoisotopic (exact) mass is 358 g/mol. The molecule has 2 rings (SSSR count). The molecule has 0 spiro atoms. The summed E-state index contributed by atoms with van der Waals surface area (Å²) in [6, 6.07) is 10.5. The highest BCUT2D eigenvalue weighted by atomic mass is 16.5. The van der Waals surface area contributed by atoms with Crippen molar-refractivity contribution in [3.63, 3.8) is 0 Å². The molecule has 0 saturated heterocycles. The van der Waals surface area contributed by atoms with E-state index in [0.29, 0.717) is 31.1 Å². The van der Waals surface area contributed by atoms with Gasteiger partial charge in [0.1, 0.15) is 18.1 Å². The van der Waals surface area contributed by atoms with Crippen LogP contribution in [0.25, 0.3) is 0 Å². The highest BCUT2D eigenvalue weighted by Gasteiger charge is 2.10. The van der Waals surface area contributed by atoms with Gasteiger partial charge in [-0.05, 0) is 50.2 Å². The molecule has 0 fully saturated rings. The molecule has 0 aliphatic heterocycles. The first-order chi connectivity index (χ1) is 12.6. The Hall–Kier alpha value is -3.09. The van der Waals surface area contributed by atoms with Crippen LogP contribution in [0, 0.1) is 6.92 Å². The summed E-state index contributed by atoms with van der Waals surface area (Å²) < 4.78 is 15.8. The second-order valence-corrected chi connectivity index (χ2v) is 5.37. The summed E-state index contributed by atoms with van der Waals surface area (Å²) in [5.41, 5.74) is 1.11. The molecule has 2 aromatic rings. The minimum absolute atomic E-state index is 0.301. The van der Waals surface area contributed by atoms with Crippen molar-refractivity contribution in [3.05, 3.63) is 53.9 Å². The average molecular weight is 358 g/mol. The van der Waals surface area contributed by atoms with E-state index >= 15 is 0 Å². The van der Waals surface area contributed by atoms with E-state index in [1.54, 1.807) is 24.3 Å². The maximum Gasteiger partial charge on any atom is 0.340 e. The Morgan fingerprint density at radius 3 is 2.35 bits per heavy atom. The van der Waals surface area contributed by atoms with Crippen molar-refractivity contribution >= 4 is 11.9 Å². The summed E-state index contributed by atoms with van der Waals surface area (Å²) in [6.45, 7) is 4.60. The first-order valence-corrected chi connectivity index (χ1v) is 8.30. The van der Waals surface area contributed by atoms with Crippen LogP contribution in [0.3, 0.4) is 0 Å². The third kappa shape index (κ3) is 6.43. The van der Waals surface area contributed by atoms with Crippen LogP contribution in [-0.2, 0) is 9.53 Å². The third-order valence-electron chi connectivity index (χ3n) is 3.31. The molecule has 0 bridgehead atoms. The van der Waals surface area contributed by atoms with Crippen molar-refractivity contribution in [2.24, 2.45) is 0 Å². The van der Waals surface area contributed by atoms with Crippen LogP contribution in [0.15, 0.2) is 42.6 Å². The molecular weight excluding hydrogens is 336 g/mol. The van der Waals surface area contributed by atoms with Gasteiger partial charge in [-0.2, -0.15) is 0 Å². The van der Waals surface area contributed by atoms with E-state index in [1.807, 2.05) is 26.0 Å². The van der Waals surface area contributed by atoms with Crippen LogP contribution in [-0.4, -0.2) is 43.2 Å². The quantitative estimate of drug-likeness (QED) is 0.546. The molecule has 0 unspecified atom stereocenters. The maximum atomic E-state index is 11.8. The molecule has 0 radical (unpaired) electrons. The minimum Gasteiger partial charge on any atom is -0.494 e. The molecule has 7 nitrogen and oxygen atoms in total. The number of pyridine rings is 1. The number of benzene rings is 1. The first-order valence-electron chi connectivity index (χ1n) is 8.30. The van der Waals surface area contributed by atoms with E-state index in [9.17, 15) is 9.59 Å². The molecule has 26 heavy (non-hydrogen) atoms. The highest BCUT2D eigenvalue weighted by Crippen LogP contribution is 2.17. The number of nitrogens with one attached hydrogen (secondary N) is 1. The fourth-order valence-electron chi connectivity index (χ4n) is 2.01. The number of rotatable bonds is 9. The van der Waals surface area contributed by atoms with E-state index < -0.39 is 11.9 Å². The van der Waals surface area contributed by atoms with Crippen molar-refractivity contribution in [1.82, 2.24) is 10.3 Å². The van der Waals surface area contributed by atoms with Crippen molar-refractivity contribution in [2.75, 3.05) is 26.4 Å². The number of amides is 1. The smallest absolute Gasteiger partial charge is 0.340 e. The van der Waals surface area contributed by atoms with E-state index in [1.165, 1.54) is 6.20 Å². The molecule has 1 aromatic carbocycles. The van der Waals surface area contributed by atoms with E-state index in [0.717, 1.165) is 11.4 Å². The zero-order valence-electron chi connectivity index (χ0n) is 14.9. The number of hydrogen-bond donors (Lipinski definition) is 1. The largest absolute Gasteiger partial charge is 0.494 e. The lowest BCUT2D eigenvalue weighted by Gasteiger charge is -2.09. The summed E-state index contributed by atoms with van der Waals surface area (Å²) in [6.07, 6.45) is 1.42. The maximum absolute atomic E-state index is 11.8. The molecule has 0 saturated carbocycles. The number of carbonyl (C=O) groups is 2. The van der Waals surface area contributed by atoms with Gasteiger partial charge < -0.3 is 19.5 Å². The van der Waals surface area contributed by atoms with Gasteiger partial charge in [-0.3, -0.25) is 9.78 Å². The molecule has 1 N–H and O–H groups in total. The van der Waals surface area contributed by atoms with Gasteiger partial charge in [0.25, 0.3) is 5.91 Å². The van der Waals surface area contributed by atoms with Crippen LogP contribution in [0.1, 0.15) is 23.0 Å². The van der Waals surface area contributed by atoms with Gasteiger partial charge in [-0.1, -0.05) is 0 Å². The summed E-state index contributed by atoms with van der Waals surface area (Å²) in [7, 11) is 0. The van der Waals surface area contributed by atoms with Gasteiger partial charge in [-0.25, -0.2) is 4.79 Å². The van der Waals surface area contributed by atoms with E-state index in [2.05, 4.69) is 10.3 Å². The van der Waals surface area contributed by atoms with Crippen LogP contribution >= 0.6 is 0 Å². The average Bonchev–Trinajstić information content (AvgIpc) is 2.65. The zero-order valence-corrected chi connectivity index (χ0v) is 14.9. The molecule has 1 heterocycles. The summed E-state index contributed by atoms with van der Waals surface area (Å²) in [5, 5.41) is 2.62. The lowest BCUT2D eigenvalue weighted by Crippen LogP contribution is -2.32. The molecule has 7 heteroatoms. The number of aryl methyl sites for hydroxylation is 1. The normalized spacial score (nSPS) is 10.1. The van der Waals surface area contributed by atoms with Crippen molar-refractivity contribution in [3.8, 4) is 11.5 Å². The fraction of sp³-hybridized carbons (Fsp3) is 0.316. The number of nitrogens with zero attached hydrogens (tertiary/aromatic N) is 1. The summed E-state index contributed by atoms with van der Waals surface area (Å²) in [5.74, 6) is 0.478. The highest BCUT2D eigenvalue weighted by molar-refractivity contribution is 5.90. The molecule has 138 valence electrons. The zero-order chi connectivity index (χ0) is 18.8. The topological polar surface area (TPSA) is 86.8 Å². The molecule has 0 aliphatic rings. The predicted octanol–water partition coefficient (Wildman–Crippen LogP) is 2.14. The number of carbonyl (C=O) groups excluding carboxylic acids is 2. The minimum atomic E-state index is -0.585. The van der Waals surface area contributed by atoms with Crippen LogP contribution in [0.4, 0.5) is 0 Å². The second kappa shape index (κ2) is 10.0. The lowest BCUT2D eigenvalue weighted by molar-refractivity contribution is -0.124. The van der Waals surface area contributed by atoms with Gasteiger partial charge in [0.05, 0.1) is 18.7 Å². The molecular formula is C19H22N2O5. The Balaban J connectivity index is 1.62. The molecule has 1 aromatic heterocycles. The standard InChI is InChI=1S/C19H22N2O5/c1-3-24-16-6-8-17(9-7-16)25-11-10-20-18(22)13-26-19(23)15-5-4-14(2)21-12-15/h4-9,12H,3,10-11,13H2,1-2H3,(H,20,22). The Morgan fingerprint density at radius 2 is 1.73 bits per heavy atom. The Labute approximate surface area is 152 Å². The Bertz CT molecular complexity index is 714. The molecule has 0 aliphatic carbocycles. The van der Waals surface area contributed by atoms with Crippen LogP contribution in [0.2, 0.25) is 0 Å². The number of esters is 1. The van der Waals surface area contributed by atoms with E-state index in [4.69, 9.17) is 14.2 Å². The first kappa shape index (κ1) is 19.2. The number of ether oxygens (including phenoxy) is 3. The van der Waals surface area contributed by atoms with Gasteiger partial charge in [0.15, 0.2) is 6.61 Å². The van der Waals surface area contributed by atoms with Gasteiger partial charge in [0.2, 0.25) is 0 Å². The number of aromatic nitrogens is 1. The van der Waals surface area contributed by atoms with Crippen LogP contribution in [0.5, 0.6) is 11.5 Å². The van der Waals surface area contributed by atoms with E-state index in [-0.39, 0.29) is 6.61 Å². The van der Waals surface area contributed by atoms with Gasteiger partial charge in [0, 0.05) is 11.9 Å². The van der Waals surface area contributed by atoms with Crippen LogP contribution < -0.4 is 14.8 Å². The van der Waals surface area contributed by atoms with Crippen molar-refractivity contribution < 1.29 is 23.8 Å². The van der Waals surface area contributed by atoms with Crippen molar-refractivity contribution in [2.45, 2.75) is 13.8 Å². The summed E-state index contributed by atoms with van der Waals surface area (Å²) >= 11 is 0. The summed E-state index contributed by atoms with van der Waals surface area (Å²) in [4.78, 5) is 27.5. The molecule has 1 amide bonds. The third-order valence-corrected chi connectivity index (χ3v) is 3.31. The Morgan fingerprint density at radius 1 is 1.04 bits per heavy atom.